The molecule has 0 spiro atoms. The first-order valence-electron chi connectivity index (χ1n) is 12.5. The third-order valence-corrected chi connectivity index (χ3v) is 6.74. The second-order valence-electron chi connectivity index (χ2n) is 10.6. The molecule has 196 valence electrons. The van der Waals surface area contributed by atoms with E-state index in [0.717, 1.165) is 27.8 Å². The summed E-state index contributed by atoms with van der Waals surface area (Å²) in [6.45, 7) is 11.7. The molecule has 0 saturated carbocycles. The van der Waals surface area contributed by atoms with E-state index in [0.29, 0.717) is 23.7 Å². The van der Waals surface area contributed by atoms with Gasteiger partial charge >= 0.3 is 0 Å². The highest BCUT2D eigenvalue weighted by molar-refractivity contribution is 6.32. The molecule has 0 radical (unpaired) electrons. The summed E-state index contributed by atoms with van der Waals surface area (Å²) < 4.78 is 5.93. The molecule has 0 saturated heterocycles. The summed E-state index contributed by atoms with van der Waals surface area (Å²) >= 11 is 6.30. The summed E-state index contributed by atoms with van der Waals surface area (Å²) in [6, 6.07) is 20.6. The average Bonchev–Trinajstić information content (AvgIpc) is 2.83. The number of amides is 2. The largest absolute Gasteiger partial charge is 0.484 e. The van der Waals surface area contributed by atoms with E-state index in [-0.39, 0.29) is 18.4 Å². The second kappa shape index (κ2) is 12.3. The van der Waals surface area contributed by atoms with Gasteiger partial charge in [-0.15, -0.1) is 0 Å². The third kappa shape index (κ3) is 8.09. The Bertz CT molecular complexity index is 1210. The SMILES string of the molecule is Cc1ccccc1CN(C(=O)COc1cc(C)c(Cl)c(C)c1)C(Cc1ccccc1)C(=O)NC(C)(C)C. The normalized spacial score (nSPS) is 12.1. The molecule has 0 aromatic heterocycles. The minimum absolute atomic E-state index is 0.194. The topological polar surface area (TPSA) is 58.6 Å². The van der Waals surface area contributed by atoms with Crippen LogP contribution in [0.25, 0.3) is 0 Å². The van der Waals surface area contributed by atoms with Gasteiger partial charge in [-0.2, -0.15) is 0 Å². The van der Waals surface area contributed by atoms with Gasteiger partial charge in [0.25, 0.3) is 5.91 Å². The summed E-state index contributed by atoms with van der Waals surface area (Å²) in [5, 5.41) is 3.76. The smallest absolute Gasteiger partial charge is 0.261 e. The predicted octanol–water partition coefficient (Wildman–Crippen LogP) is 6.20. The number of nitrogens with zero attached hydrogens (tertiary/aromatic N) is 1. The van der Waals surface area contributed by atoms with Gasteiger partial charge in [-0.05, 0) is 81.5 Å². The van der Waals surface area contributed by atoms with Crippen LogP contribution in [-0.2, 0) is 22.6 Å². The third-order valence-electron chi connectivity index (χ3n) is 6.14. The molecule has 3 aromatic carbocycles. The molecule has 2 amide bonds. The van der Waals surface area contributed by atoms with E-state index in [9.17, 15) is 9.59 Å². The first-order valence-corrected chi connectivity index (χ1v) is 12.9. The Kier molecular flexibility index (Phi) is 9.39. The highest BCUT2D eigenvalue weighted by Gasteiger charge is 2.32. The Morgan fingerprint density at radius 2 is 1.51 bits per heavy atom. The molecule has 6 heteroatoms. The van der Waals surface area contributed by atoms with Crippen molar-refractivity contribution < 1.29 is 14.3 Å². The lowest BCUT2D eigenvalue weighted by molar-refractivity contribution is -0.143. The lowest BCUT2D eigenvalue weighted by Crippen LogP contribution is -2.55. The van der Waals surface area contributed by atoms with Crippen LogP contribution >= 0.6 is 11.6 Å². The molecular weight excluding hydrogens is 484 g/mol. The number of carbonyl (C=O) groups excluding carboxylic acids is 2. The van der Waals surface area contributed by atoms with Gasteiger partial charge in [-0.3, -0.25) is 9.59 Å². The number of hydrogen-bond donors (Lipinski definition) is 1. The number of ether oxygens (including phenoxy) is 1. The van der Waals surface area contributed by atoms with E-state index in [1.165, 1.54) is 0 Å². The van der Waals surface area contributed by atoms with Gasteiger partial charge in [0.1, 0.15) is 11.8 Å². The fourth-order valence-electron chi connectivity index (χ4n) is 4.20. The van der Waals surface area contributed by atoms with Crippen molar-refractivity contribution in [2.24, 2.45) is 0 Å². The summed E-state index contributed by atoms with van der Waals surface area (Å²) in [7, 11) is 0. The molecule has 5 nitrogen and oxygen atoms in total. The Morgan fingerprint density at radius 1 is 0.919 bits per heavy atom. The minimum atomic E-state index is -0.717. The minimum Gasteiger partial charge on any atom is -0.484 e. The Morgan fingerprint density at radius 3 is 2.11 bits per heavy atom. The number of hydrogen-bond acceptors (Lipinski definition) is 3. The number of halogens is 1. The van der Waals surface area contributed by atoms with Gasteiger partial charge in [0.2, 0.25) is 5.91 Å². The molecule has 3 aromatic rings. The molecule has 37 heavy (non-hydrogen) atoms. The number of benzene rings is 3. The molecule has 0 aliphatic rings. The quantitative estimate of drug-likeness (QED) is 0.365. The lowest BCUT2D eigenvalue weighted by Gasteiger charge is -2.34. The first kappa shape index (κ1) is 28.3. The van der Waals surface area contributed by atoms with E-state index in [1.807, 2.05) is 108 Å². The first-order chi connectivity index (χ1) is 17.4. The summed E-state index contributed by atoms with van der Waals surface area (Å²) in [6.07, 6.45) is 0.388. The van der Waals surface area contributed by atoms with Gasteiger partial charge in [0, 0.05) is 23.5 Å². The number of carbonyl (C=O) groups is 2. The van der Waals surface area contributed by atoms with Crippen LogP contribution in [0.5, 0.6) is 5.75 Å². The lowest BCUT2D eigenvalue weighted by atomic mass is 10.00. The van der Waals surface area contributed by atoms with E-state index < -0.39 is 11.6 Å². The Hall–Kier alpha value is -3.31. The molecule has 0 aliphatic carbocycles. The number of aryl methyl sites for hydroxylation is 3. The van der Waals surface area contributed by atoms with Crippen molar-refractivity contribution in [1.82, 2.24) is 10.2 Å². The van der Waals surface area contributed by atoms with Crippen molar-refractivity contribution in [3.8, 4) is 5.75 Å². The fraction of sp³-hybridized carbons (Fsp3) is 0.355. The zero-order valence-corrected chi connectivity index (χ0v) is 23.4. The van der Waals surface area contributed by atoms with Crippen molar-refractivity contribution in [2.45, 2.75) is 66.1 Å². The highest BCUT2D eigenvalue weighted by Crippen LogP contribution is 2.26. The maximum Gasteiger partial charge on any atom is 0.261 e. The molecular formula is C31H37ClN2O3. The number of rotatable bonds is 9. The molecule has 0 fully saturated rings. The molecule has 1 atom stereocenters. The molecule has 0 bridgehead atoms. The van der Waals surface area contributed by atoms with Gasteiger partial charge < -0.3 is 15.0 Å². The van der Waals surface area contributed by atoms with Crippen molar-refractivity contribution in [3.63, 3.8) is 0 Å². The molecule has 0 heterocycles. The van der Waals surface area contributed by atoms with Crippen LogP contribution in [0.1, 0.15) is 48.6 Å². The zero-order chi connectivity index (χ0) is 27.2. The summed E-state index contributed by atoms with van der Waals surface area (Å²) in [5.74, 6) is 0.109. The van der Waals surface area contributed by atoms with Gasteiger partial charge in [-0.1, -0.05) is 66.2 Å². The van der Waals surface area contributed by atoms with Crippen LogP contribution in [0, 0.1) is 20.8 Å². The molecule has 1 N–H and O–H groups in total. The van der Waals surface area contributed by atoms with Crippen molar-refractivity contribution in [1.29, 1.82) is 0 Å². The van der Waals surface area contributed by atoms with Gasteiger partial charge in [-0.25, -0.2) is 0 Å². The van der Waals surface area contributed by atoms with Crippen LogP contribution in [-0.4, -0.2) is 34.9 Å². The Balaban J connectivity index is 1.95. The standard InChI is InChI=1S/C31H37ClN2O3/c1-21-12-10-11-15-25(21)19-34(28(35)20-37-26-16-22(2)29(32)23(3)17-26)27(30(36)33-31(4,5)6)18-24-13-8-7-9-14-24/h7-17,27H,18-20H2,1-6H3,(H,33,36). The van der Waals surface area contributed by atoms with Crippen molar-refractivity contribution in [3.05, 3.63) is 99.6 Å². The molecule has 3 rings (SSSR count). The fourth-order valence-corrected chi connectivity index (χ4v) is 4.30. The summed E-state index contributed by atoms with van der Waals surface area (Å²) in [5.41, 5.74) is 4.33. The van der Waals surface area contributed by atoms with Crippen LogP contribution in [0.15, 0.2) is 66.7 Å². The highest BCUT2D eigenvalue weighted by atomic mass is 35.5. The van der Waals surface area contributed by atoms with Crippen LogP contribution in [0.4, 0.5) is 0 Å². The molecule has 1 unspecified atom stereocenters. The average molecular weight is 521 g/mol. The van der Waals surface area contributed by atoms with Crippen molar-refractivity contribution >= 4 is 23.4 Å². The van der Waals surface area contributed by atoms with Gasteiger partial charge in [0.05, 0.1) is 0 Å². The van der Waals surface area contributed by atoms with E-state index in [4.69, 9.17) is 16.3 Å². The Labute approximate surface area is 225 Å². The van der Waals surface area contributed by atoms with E-state index in [2.05, 4.69) is 5.32 Å². The van der Waals surface area contributed by atoms with Crippen LogP contribution in [0.3, 0.4) is 0 Å². The monoisotopic (exact) mass is 520 g/mol. The maximum absolute atomic E-state index is 13.8. The predicted molar refractivity (Wildman–Crippen MR) is 150 cm³/mol. The number of nitrogens with one attached hydrogen (secondary N) is 1. The second-order valence-corrected chi connectivity index (χ2v) is 10.9. The maximum atomic E-state index is 13.8. The van der Waals surface area contributed by atoms with E-state index in [1.54, 1.807) is 4.90 Å². The van der Waals surface area contributed by atoms with Crippen LogP contribution < -0.4 is 10.1 Å². The zero-order valence-electron chi connectivity index (χ0n) is 22.6. The van der Waals surface area contributed by atoms with Gasteiger partial charge in [0.15, 0.2) is 6.61 Å². The van der Waals surface area contributed by atoms with E-state index >= 15 is 0 Å². The van der Waals surface area contributed by atoms with Crippen LogP contribution in [0.2, 0.25) is 5.02 Å². The summed E-state index contributed by atoms with van der Waals surface area (Å²) in [4.78, 5) is 29.0. The molecule has 0 aliphatic heterocycles. The van der Waals surface area contributed by atoms with Crippen molar-refractivity contribution in [2.75, 3.05) is 6.61 Å².